The molecule has 1 aliphatic heterocycles. The molecule has 8 heteroatoms. The Morgan fingerprint density at radius 2 is 1.87 bits per heavy atom. The number of ether oxygens (including phenoxy) is 1. The number of nitrogens with one attached hydrogen (secondary N) is 1. The second kappa shape index (κ2) is 9.22. The predicted octanol–water partition coefficient (Wildman–Crippen LogP) is 2.97. The second-order valence-corrected chi connectivity index (χ2v) is 7.81. The molecule has 2 heterocycles. The summed E-state index contributed by atoms with van der Waals surface area (Å²) in [4.78, 5) is 27.2. The van der Waals surface area contributed by atoms with Gasteiger partial charge in [0.15, 0.2) is 12.3 Å². The van der Waals surface area contributed by atoms with Crippen molar-refractivity contribution in [2.24, 2.45) is 7.05 Å². The molecule has 160 valence electrons. The summed E-state index contributed by atoms with van der Waals surface area (Å²) in [6.45, 7) is 1.23. The highest BCUT2D eigenvalue weighted by Gasteiger charge is 2.29. The third kappa shape index (κ3) is 4.88. The molecule has 0 saturated carbocycles. The van der Waals surface area contributed by atoms with Crippen LogP contribution in [-0.2, 0) is 31.4 Å². The van der Waals surface area contributed by atoms with E-state index in [1.165, 1.54) is 0 Å². The number of carbonyl (C=O) groups is 2. The molecule has 31 heavy (non-hydrogen) atoms. The summed E-state index contributed by atoms with van der Waals surface area (Å²) in [6.07, 6.45) is 0.636. The van der Waals surface area contributed by atoms with Gasteiger partial charge < -0.3 is 15.0 Å². The SMILES string of the molecule is Cn1nc(C(=O)NCc2ccccc2)c2c1CCN(C(=O)COc1ccc(Cl)cc1)C2. The van der Waals surface area contributed by atoms with Crippen LogP contribution in [0, 0.1) is 0 Å². The molecule has 7 nitrogen and oxygen atoms in total. The van der Waals surface area contributed by atoms with Crippen LogP contribution in [0.1, 0.15) is 27.3 Å². The Hall–Kier alpha value is -3.32. The molecule has 0 atom stereocenters. The van der Waals surface area contributed by atoms with Crippen LogP contribution in [0.5, 0.6) is 5.75 Å². The van der Waals surface area contributed by atoms with Crippen molar-refractivity contribution in [2.45, 2.75) is 19.5 Å². The molecule has 0 spiro atoms. The summed E-state index contributed by atoms with van der Waals surface area (Å²) < 4.78 is 7.32. The maximum atomic E-state index is 12.8. The van der Waals surface area contributed by atoms with Gasteiger partial charge in [-0.3, -0.25) is 14.3 Å². The molecule has 3 aromatic rings. The lowest BCUT2D eigenvalue weighted by Crippen LogP contribution is -2.39. The maximum absolute atomic E-state index is 12.8. The van der Waals surface area contributed by atoms with E-state index >= 15 is 0 Å². The van der Waals surface area contributed by atoms with Crippen molar-refractivity contribution in [3.05, 3.63) is 82.1 Å². The van der Waals surface area contributed by atoms with Crippen LogP contribution in [0.2, 0.25) is 5.02 Å². The summed E-state index contributed by atoms with van der Waals surface area (Å²) in [5.74, 6) is 0.199. The number of hydrogen-bond donors (Lipinski definition) is 1. The predicted molar refractivity (Wildman–Crippen MR) is 117 cm³/mol. The van der Waals surface area contributed by atoms with E-state index in [2.05, 4.69) is 10.4 Å². The van der Waals surface area contributed by atoms with Crippen molar-refractivity contribution in [3.8, 4) is 5.75 Å². The van der Waals surface area contributed by atoms with E-state index in [1.54, 1.807) is 33.8 Å². The quantitative estimate of drug-likeness (QED) is 0.642. The topological polar surface area (TPSA) is 76.5 Å². The highest BCUT2D eigenvalue weighted by molar-refractivity contribution is 6.30. The molecule has 2 amide bonds. The number of benzene rings is 2. The third-order valence-electron chi connectivity index (χ3n) is 5.28. The Kier molecular flexibility index (Phi) is 6.23. The van der Waals surface area contributed by atoms with Gasteiger partial charge in [0.1, 0.15) is 5.75 Å². The number of halogens is 1. The van der Waals surface area contributed by atoms with Crippen molar-refractivity contribution in [1.82, 2.24) is 20.0 Å². The smallest absolute Gasteiger partial charge is 0.272 e. The van der Waals surface area contributed by atoms with Gasteiger partial charge in [0.05, 0.1) is 0 Å². The van der Waals surface area contributed by atoms with Gasteiger partial charge in [-0.1, -0.05) is 41.9 Å². The van der Waals surface area contributed by atoms with Crippen LogP contribution in [0.4, 0.5) is 0 Å². The van der Waals surface area contributed by atoms with Gasteiger partial charge in [0.2, 0.25) is 0 Å². The first-order chi connectivity index (χ1) is 15.0. The van der Waals surface area contributed by atoms with Crippen LogP contribution in [0.3, 0.4) is 0 Å². The average molecular weight is 439 g/mol. The van der Waals surface area contributed by atoms with E-state index in [-0.39, 0.29) is 18.4 Å². The highest BCUT2D eigenvalue weighted by Crippen LogP contribution is 2.23. The van der Waals surface area contributed by atoms with Gasteiger partial charge in [0.25, 0.3) is 11.8 Å². The first kappa shape index (κ1) is 20.9. The fraction of sp³-hybridized carbons (Fsp3) is 0.261. The molecular weight excluding hydrogens is 416 g/mol. The minimum absolute atomic E-state index is 0.0766. The van der Waals surface area contributed by atoms with Crippen LogP contribution in [0.15, 0.2) is 54.6 Å². The molecule has 0 unspecified atom stereocenters. The fourth-order valence-corrected chi connectivity index (χ4v) is 3.74. The summed E-state index contributed by atoms with van der Waals surface area (Å²) in [5, 5.41) is 7.95. The number of aromatic nitrogens is 2. The van der Waals surface area contributed by atoms with Crippen LogP contribution < -0.4 is 10.1 Å². The van der Waals surface area contributed by atoms with Crippen LogP contribution in [0.25, 0.3) is 0 Å². The Morgan fingerprint density at radius 3 is 2.61 bits per heavy atom. The Bertz CT molecular complexity index is 1080. The summed E-state index contributed by atoms with van der Waals surface area (Å²) in [5.41, 5.74) is 3.15. The highest BCUT2D eigenvalue weighted by atomic mass is 35.5. The first-order valence-electron chi connectivity index (χ1n) is 10.0. The molecule has 0 bridgehead atoms. The molecule has 1 aliphatic rings. The van der Waals surface area contributed by atoms with E-state index in [9.17, 15) is 9.59 Å². The van der Waals surface area contributed by atoms with Crippen molar-refractivity contribution in [1.29, 1.82) is 0 Å². The molecular formula is C23H23ClN4O3. The van der Waals surface area contributed by atoms with E-state index in [1.807, 2.05) is 37.4 Å². The normalized spacial score (nSPS) is 12.9. The van der Waals surface area contributed by atoms with E-state index in [0.29, 0.717) is 42.5 Å². The molecule has 0 radical (unpaired) electrons. The second-order valence-electron chi connectivity index (χ2n) is 7.37. The minimum atomic E-state index is -0.243. The Morgan fingerprint density at radius 1 is 1.13 bits per heavy atom. The van der Waals surface area contributed by atoms with E-state index in [0.717, 1.165) is 16.8 Å². The summed E-state index contributed by atoms with van der Waals surface area (Å²) in [6, 6.07) is 16.6. The lowest BCUT2D eigenvalue weighted by molar-refractivity contribution is -0.134. The third-order valence-corrected chi connectivity index (χ3v) is 5.53. The Labute approximate surface area is 185 Å². The van der Waals surface area contributed by atoms with Gasteiger partial charge in [0, 0.05) is 49.4 Å². The lowest BCUT2D eigenvalue weighted by Gasteiger charge is -2.27. The zero-order valence-electron chi connectivity index (χ0n) is 17.2. The average Bonchev–Trinajstić information content (AvgIpc) is 3.13. The molecule has 2 aromatic carbocycles. The van der Waals surface area contributed by atoms with E-state index in [4.69, 9.17) is 16.3 Å². The standard InChI is InChI=1S/C23H23ClN4O3/c1-27-20-11-12-28(21(29)15-31-18-9-7-17(24)8-10-18)14-19(20)22(26-27)23(30)25-13-16-5-3-2-4-6-16/h2-10H,11-15H2,1H3,(H,25,30). The van der Waals surface area contributed by atoms with Crippen LogP contribution in [-0.4, -0.2) is 39.6 Å². The van der Waals surface area contributed by atoms with Crippen molar-refractivity contribution in [2.75, 3.05) is 13.2 Å². The van der Waals surface area contributed by atoms with E-state index < -0.39 is 0 Å². The first-order valence-corrected chi connectivity index (χ1v) is 10.4. The Balaban J connectivity index is 1.41. The van der Waals surface area contributed by atoms with Gasteiger partial charge in [-0.15, -0.1) is 0 Å². The molecule has 1 aromatic heterocycles. The molecule has 0 fully saturated rings. The van der Waals surface area contributed by atoms with Gasteiger partial charge >= 0.3 is 0 Å². The number of nitrogens with zero attached hydrogens (tertiary/aromatic N) is 3. The lowest BCUT2D eigenvalue weighted by atomic mass is 10.0. The monoisotopic (exact) mass is 438 g/mol. The number of rotatable bonds is 6. The van der Waals surface area contributed by atoms with Gasteiger partial charge in [-0.25, -0.2) is 0 Å². The number of fused-ring (bicyclic) bond motifs is 1. The fourth-order valence-electron chi connectivity index (χ4n) is 3.62. The summed E-state index contributed by atoms with van der Waals surface area (Å²) in [7, 11) is 1.83. The number of hydrogen-bond acceptors (Lipinski definition) is 4. The number of aryl methyl sites for hydroxylation is 1. The van der Waals surface area contributed by atoms with Crippen molar-refractivity contribution < 1.29 is 14.3 Å². The minimum Gasteiger partial charge on any atom is -0.484 e. The van der Waals surface area contributed by atoms with Crippen molar-refractivity contribution >= 4 is 23.4 Å². The van der Waals surface area contributed by atoms with Crippen LogP contribution >= 0.6 is 11.6 Å². The number of amides is 2. The summed E-state index contributed by atoms with van der Waals surface area (Å²) >= 11 is 5.87. The van der Waals surface area contributed by atoms with Gasteiger partial charge in [-0.2, -0.15) is 5.10 Å². The zero-order chi connectivity index (χ0) is 21.8. The molecule has 0 aliphatic carbocycles. The van der Waals surface area contributed by atoms with Crippen molar-refractivity contribution in [3.63, 3.8) is 0 Å². The largest absolute Gasteiger partial charge is 0.484 e. The van der Waals surface area contributed by atoms with Gasteiger partial charge in [-0.05, 0) is 29.8 Å². The molecule has 1 N–H and O–H groups in total. The number of carbonyl (C=O) groups excluding carboxylic acids is 2. The zero-order valence-corrected chi connectivity index (χ0v) is 17.9. The molecule has 0 saturated heterocycles. The maximum Gasteiger partial charge on any atom is 0.272 e. The molecule has 4 rings (SSSR count).